The van der Waals surface area contributed by atoms with Crippen molar-refractivity contribution in [3.05, 3.63) is 22.7 Å². The molecule has 0 unspecified atom stereocenters. The highest BCUT2D eigenvalue weighted by atomic mass is 35.5. The lowest BCUT2D eigenvalue weighted by molar-refractivity contribution is -0.138. The number of rotatable bonds is 2. The van der Waals surface area contributed by atoms with Crippen LogP contribution in [0.4, 0.5) is 13.2 Å². The highest BCUT2D eigenvalue weighted by molar-refractivity contribution is 6.30. The maximum Gasteiger partial charge on any atom is 0.420 e. The lowest BCUT2D eigenvalue weighted by Gasteiger charge is -2.24. The van der Waals surface area contributed by atoms with E-state index in [-0.39, 0.29) is 0 Å². The van der Waals surface area contributed by atoms with Crippen molar-refractivity contribution < 1.29 is 13.2 Å². The third-order valence-corrected chi connectivity index (χ3v) is 3.08. The van der Waals surface area contributed by atoms with E-state index in [1.807, 2.05) is 0 Å². The van der Waals surface area contributed by atoms with Gasteiger partial charge in [0.1, 0.15) is 16.5 Å². The lowest BCUT2D eigenvalue weighted by Crippen LogP contribution is -2.16. The fourth-order valence-corrected chi connectivity index (χ4v) is 1.89. The van der Waals surface area contributed by atoms with Gasteiger partial charge in [0, 0.05) is 12.6 Å². The molecule has 88 valence electrons. The Morgan fingerprint density at radius 1 is 1.38 bits per heavy atom. The standard InChI is InChI=1S/C10H10ClF3N2/c11-9-7(10(12,13)14)5-15-8(16-9)4-6-2-1-3-6/h5-6H,1-4H2. The first-order valence-corrected chi connectivity index (χ1v) is 5.43. The quantitative estimate of drug-likeness (QED) is 0.751. The number of alkyl halides is 3. The normalized spacial score (nSPS) is 17.2. The number of aromatic nitrogens is 2. The van der Waals surface area contributed by atoms with Gasteiger partial charge < -0.3 is 0 Å². The lowest BCUT2D eigenvalue weighted by atomic mass is 9.83. The van der Waals surface area contributed by atoms with E-state index in [9.17, 15) is 13.2 Å². The minimum Gasteiger partial charge on any atom is -0.241 e. The molecule has 0 atom stereocenters. The summed E-state index contributed by atoms with van der Waals surface area (Å²) in [6.07, 6.45) is 0.288. The molecule has 0 spiro atoms. The van der Waals surface area contributed by atoms with Gasteiger partial charge in [-0.1, -0.05) is 30.9 Å². The predicted molar refractivity (Wildman–Crippen MR) is 53.1 cm³/mol. The van der Waals surface area contributed by atoms with Crippen LogP contribution in [0.3, 0.4) is 0 Å². The first-order valence-electron chi connectivity index (χ1n) is 5.05. The van der Waals surface area contributed by atoms with E-state index in [1.165, 1.54) is 6.42 Å². The molecule has 1 fully saturated rings. The third kappa shape index (κ3) is 2.45. The van der Waals surface area contributed by atoms with Crippen LogP contribution in [0.1, 0.15) is 30.7 Å². The number of hydrogen-bond donors (Lipinski definition) is 0. The molecule has 1 aliphatic carbocycles. The Kier molecular flexibility index (Phi) is 3.06. The molecular formula is C10H10ClF3N2. The van der Waals surface area contributed by atoms with Crippen molar-refractivity contribution in [3.63, 3.8) is 0 Å². The molecule has 0 aromatic carbocycles. The summed E-state index contributed by atoms with van der Waals surface area (Å²) in [7, 11) is 0. The van der Waals surface area contributed by atoms with Crippen LogP contribution >= 0.6 is 11.6 Å². The van der Waals surface area contributed by atoms with Crippen LogP contribution in [0.5, 0.6) is 0 Å². The summed E-state index contributed by atoms with van der Waals surface area (Å²) in [6, 6.07) is 0. The molecule has 0 radical (unpaired) electrons. The average molecular weight is 251 g/mol. The summed E-state index contributed by atoms with van der Waals surface area (Å²) >= 11 is 5.49. The van der Waals surface area contributed by atoms with Gasteiger partial charge in [0.05, 0.1) is 0 Å². The fourth-order valence-electron chi connectivity index (χ4n) is 1.64. The first-order chi connectivity index (χ1) is 7.47. The first kappa shape index (κ1) is 11.6. The minimum atomic E-state index is -4.48. The second-order valence-corrected chi connectivity index (χ2v) is 4.35. The maximum atomic E-state index is 12.4. The summed E-state index contributed by atoms with van der Waals surface area (Å²) in [5.74, 6) is 0.913. The van der Waals surface area contributed by atoms with Crippen molar-refractivity contribution in [1.29, 1.82) is 0 Å². The fraction of sp³-hybridized carbons (Fsp3) is 0.600. The van der Waals surface area contributed by atoms with Gasteiger partial charge in [0.15, 0.2) is 0 Å². The molecule has 2 rings (SSSR count). The molecule has 1 aromatic rings. The molecule has 0 saturated heterocycles. The topological polar surface area (TPSA) is 25.8 Å². The van der Waals surface area contributed by atoms with Gasteiger partial charge >= 0.3 is 6.18 Å². The Morgan fingerprint density at radius 2 is 2.06 bits per heavy atom. The second-order valence-electron chi connectivity index (χ2n) is 3.99. The minimum absolute atomic E-state index is 0.405. The average Bonchev–Trinajstić information content (AvgIpc) is 2.09. The largest absolute Gasteiger partial charge is 0.420 e. The van der Waals surface area contributed by atoms with Gasteiger partial charge in [0.2, 0.25) is 0 Å². The van der Waals surface area contributed by atoms with Gasteiger partial charge in [-0.15, -0.1) is 0 Å². The monoisotopic (exact) mass is 250 g/mol. The van der Waals surface area contributed by atoms with E-state index >= 15 is 0 Å². The van der Waals surface area contributed by atoms with E-state index < -0.39 is 16.9 Å². The van der Waals surface area contributed by atoms with Crippen LogP contribution in [0.2, 0.25) is 5.15 Å². The van der Waals surface area contributed by atoms with Crippen LogP contribution in [-0.2, 0) is 12.6 Å². The van der Waals surface area contributed by atoms with E-state index in [0.29, 0.717) is 18.2 Å². The SMILES string of the molecule is FC(F)(F)c1cnc(CC2CCC2)nc1Cl. The predicted octanol–water partition coefficient (Wildman–Crippen LogP) is 3.49. The molecule has 1 aromatic heterocycles. The zero-order chi connectivity index (χ0) is 11.8. The summed E-state index contributed by atoms with van der Waals surface area (Å²) in [6.45, 7) is 0. The summed E-state index contributed by atoms with van der Waals surface area (Å²) in [5.41, 5.74) is -0.966. The molecule has 0 N–H and O–H groups in total. The highest BCUT2D eigenvalue weighted by Crippen LogP contribution is 2.34. The van der Waals surface area contributed by atoms with Gasteiger partial charge in [0.25, 0.3) is 0 Å². The number of hydrogen-bond acceptors (Lipinski definition) is 2. The van der Waals surface area contributed by atoms with E-state index in [2.05, 4.69) is 9.97 Å². The molecular weight excluding hydrogens is 241 g/mol. The van der Waals surface area contributed by atoms with Gasteiger partial charge in [-0.2, -0.15) is 13.2 Å². The zero-order valence-electron chi connectivity index (χ0n) is 8.39. The molecule has 1 saturated carbocycles. The Hall–Kier alpha value is -0.840. The van der Waals surface area contributed by atoms with Crippen molar-refractivity contribution >= 4 is 11.6 Å². The third-order valence-electron chi connectivity index (χ3n) is 2.79. The Morgan fingerprint density at radius 3 is 2.50 bits per heavy atom. The van der Waals surface area contributed by atoms with Crippen LogP contribution in [0.25, 0.3) is 0 Å². The summed E-state index contributed by atoms with van der Waals surface area (Å²) in [4.78, 5) is 7.41. The van der Waals surface area contributed by atoms with Gasteiger partial charge in [-0.3, -0.25) is 0 Å². The van der Waals surface area contributed by atoms with Crippen LogP contribution < -0.4 is 0 Å². The Bertz CT molecular complexity index is 388. The number of nitrogens with zero attached hydrogens (tertiary/aromatic N) is 2. The molecule has 16 heavy (non-hydrogen) atoms. The smallest absolute Gasteiger partial charge is 0.241 e. The number of halogens is 4. The molecule has 2 nitrogen and oxygen atoms in total. The maximum absolute atomic E-state index is 12.4. The van der Waals surface area contributed by atoms with Gasteiger partial charge in [-0.05, 0) is 5.92 Å². The van der Waals surface area contributed by atoms with Crippen LogP contribution in [-0.4, -0.2) is 9.97 Å². The van der Waals surface area contributed by atoms with Crippen molar-refractivity contribution in [2.45, 2.75) is 31.9 Å². The highest BCUT2D eigenvalue weighted by Gasteiger charge is 2.34. The van der Waals surface area contributed by atoms with E-state index in [4.69, 9.17) is 11.6 Å². The van der Waals surface area contributed by atoms with E-state index in [1.54, 1.807) is 0 Å². The summed E-state index contributed by atoms with van der Waals surface area (Å²) < 4.78 is 37.1. The zero-order valence-corrected chi connectivity index (χ0v) is 9.15. The second kappa shape index (κ2) is 4.20. The van der Waals surface area contributed by atoms with E-state index in [0.717, 1.165) is 19.0 Å². The Balaban J connectivity index is 2.15. The molecule has 0 aliphatic heterocycles. The molecule has 6 heteroatoms. The van der Waals surface area contributed by atoms with Crippen LogP contribution in [0, 0.1) is 5.92 Å². The van der Waals surface area contributed by atoms with Crippen molar-refractivity contribution in [3.8, 4) is 0 Å². The van der Waals surface area contributed by atoms with Crippen molar-refractivity contribution in [1.82, 2.24) is 9.97 Å². The summed E-state index contributed by atoms with van der Waals surface area (Å²) in [5, 5.41) is -0.503. The molecule has 1 heterocycles. The molecule has 0 bridgehead atoms. The Labute approximate surface area is 95.9 Å². The molecule has 1 aliphatic rings. The van der Waals surface area contributed by atoms with Gasteiger partial charge in [-0.25, -0.2) is 9.97 Å². The molecule has 0 amide bonds. The van der Waals surface area contributed by atoms with Crippen LogP contribution in [0.15, 0.2) is 6.20 Å². The van der Waals surface area contributed by atoms with Crippen molar-refractivity contribution in [2.75, 3.05) is 0 Å². The van der Waals surface area contributed by atoms with Crippen molar-refractivity contribution in [2.24, 2.45) is 5.92 Å².